The average Bonchev–Trinajstić information content (AvgIpc) is 2.91. The maximum absolute atomic E-state index is 12.0. The third-order valence-electron chi connectivity index (χ3n) is 3.90. The number of likely N-dealkylation sites (tertiary alicyclic amines) is 1. The first-order chi connectivity index (χ1) is 9.33. The SMILES string of the molecule is CC1(C(=O)O)CCN(C2=NS(=O)(=O)c3ccccc32)C1. The van der Waals surface area contributed by atoms with Crippen molar-refractivity contribution in [1.29, 1.82) is 0 Å². The number of nitrogens with zero attached hydrogens (tertiary/aromatic N) is 2. The minimum absolute atomic E-state index is 0.193. The molecule has 1 unspecified atom stereocenters. The molecule has 0 spiro atoms. The highest BCUT2D eigenvalue weighted by atomic mass is 32.2. The Labute approximate surface area is 116 Å². The number of sulfonamides is 1. The molecule has 2 aliphatic heterocycles. The van der Waals surface area contributed by atoms with Crippen LogP contribution in [0.3, 0.4) is 0 Å². The van der Waals surface area contributed by atoms with Crippen LogP contribution in [0.15, 0.2) is 33.6 Å². The molecule has 7 heteroatoms. The van der Waals surface area contributed by atoms with E-state index in [2.05, 4.69) is 4.40 Å². The van der Waals surface area contributed by atoms with Gasteiger partial charge in [-0.2, -0.15) is 8.42 Å². The van der Waals surface area contributed by atoms with E-state index in [1.165, 1.54) is 6.07 Å². The molecule has 3 rings (SSSR count). The van der Waals surface area contributed by atoms with Crippen LogP contribution in [-0.2, 0) is 14.8 Å². The Morgan fingerprint density at radius 3 is 2.75 bits per heavy atom. The lowest BCUT2D eigenvalue weighted by Gasteiger charge is -2.21. The lowest BCUT2D eigenvalue weighted by Crippen LogP contribution is -2.34. The molecule has 0 aromatic heterocycles. The van der Waals surface area contributed by atoms with Crippen LogP contribution in [-0.4, -0.2) is 43.3 Å². The highest BCUT2D eigenvalue weighted by molar-refractivity contribution is 7.90. The first kappa shape index (κ1) is 13.1. The number of aliphatic carboxylic acids is 1. The number of fused-ring (bicyclic) bond motifs is 1. The molecule has 106 valence electrons. The second kappa shape index (κ2) is 4.05. The van der Waals surface area contributed by atoms with Gasteiger partial charge in [-0.15, -0.1) is 4.40 Å². The summed E-state index contributed by atoms with van der Waals surface area (Å²) < 4.78 is 27.8. The molecular weight excluding hydrogens is 280 g/mol. The van der Waals surface area contributed by atoms with E-state index < -0.39 is 21.4 Å². The summed E-state index contributed by atoms with van der Waals surface area (Å²) in [5.41, 5.74) is -0.300. The Kier molecular flexibility index (Phi) is 2.66. The van der Waals surface area contributed by atoms with Crippen molar-refractivity contribution in [3.05, 3.63) is 29.8 Å². The summed E-state index contributed by atoms with van der Waals surface area (Å²) in [5.74, 6) is -0.500. The lowest BCUT2D eigenvalue weighted by molar-refractivity contribution is -0.146. The number of benzene rings is 1. The van der Waals surface area contributed by atoms with E-state index in [9.17, 15) is 18.3 Å². The van der Waals surface area contributed by atoms with Crippen molar-refractivity contribution in [2.24, 2.45) is 9.81 Å². The van der Waals surface area contributed by atoms with Gasteiger partial charge in [0.1, 0.15) is 4.90 Å². The second-order valence-corrected chi connectivity index (χ2v) is 7.00. The number of hydrogen-bond donors (Lipinski definition) is 1. The molecule has 1 aromatic carbocycles. The molecule has 0 radical (unpaired) electrons. The Bertz CT molecular complexity index is 726. The van der Waals surface area contributed by atoms with Crippen LogP contribution in [0.5, 0.6) is 0 Å². The summed E-state index contributed by atoms with van der Waals surface area (Å²) >= 11 is 0. The van der Waals surface area contributed by atoms with Crippen LogP contribution < -0.4 is 0 Å². The van der Waals surface area contributed by atoms with Crippen molar-refractivity contribution < 1.29 is 18.3 Å². The summed E-state index contributed by atoms with van der Waals surface area (Å²) in [7, 11) is -3.65. The third-order valence-corrected chi connectivity index (χ3v) is 5.23. The summed E-state index contributed by atoms with van der Waals surface area (Å²) in [5, 5.41) is 9.25. The van der Waals surface area contributed by atoms with Crippen LogP contribution in [0.1, 0.15) is 18.9 Å². The topological polar surface area (TPSA) is 87.0 Å². The van der Waals surface area contributed by atoms with Crippen molar-refractivity contribution in [2.45, 2.75) is 18.2 Å². The number of hydrogen-bond acceptors (Lipinski definition) is 4. The van der Waals surface area contributed by atoms with E-state index in [1.54, 1.807) is 30.0 Å². The Morgan fingerprint density at radius 1 is 1.40 bits per heavy atom. The number of rotatable bonds is 1. The Balaban J connectivity index is 2.00. The fraction of sp³-hybridized carbons (Fsp3) is 0.385. The summed E-state index contributed by atoms with van der Waals surface area (Å²) in [6.07, 6.45) is 0.476. The molecule has 0 amide bonds. The predicted molar refractivity (Wildman–Crippen MR) is 72.1 cm³/mol. The quantitative estimate of drug-likeness (QED) is 0.832. The predicted octanol–water partition coefficient (Wildman–Crippen LogP) is 0.932. The van der Waals surface area contributed by atoms with E-state index in [4.69, 9.17) is 0 Å². The number of carboxylic acids is 1. The smallest absolute Gasteiger partial charge is 0.311 e. The highest BCUT2D eigenvalue weighted by Crippen LogP contribution is 2.34. The standard InChI is InChI=1S/C13H14N2O4S/c1-13(12(16)17)6-7-15(8-13)11-9-4-2-3-5-10(9)20(18,19)14-11/h2-5H,6-8H2,1H3,(H,16,17). The van der Waals surface area contributed by atoms with E-state index in [-0.39, 0.29) is 11.4 Å². The van der Waals surface area contributed by atoms with Gasteiger partial charge < -0.3 is 10.0 Å². The molecule has 1 aromatic rings. The number of carbonyl (C=O) groups is 1. The Hall–Kier alpha value is -1.89. The molecular formula is C13H14N2O4S. The van der Waals surface area contributed by atoms with Gasteiger partial charge in [-0.05, 0) is 25.5 Å². The van der Waals surface area contributed by atoms with E-state index in [1.807, 2.05) is 0 Å². The number of amidine groups is 1. The molecule has 0 bridgehead atoms. The monoisotopic (exact) mass is 294 g/mol. The molecule has 20 heavy (non-hydrogen) atoms. The minimum Gasteiger partial charge on any atom is -0.481 e. The molecule has 0 saturated carbocycles. The van der Waals surface area contributed by atoms with Gasteiger partial charge >= 0.3 is 5.97 Å². The second-order valence-electron chi connectivity index (χ2n) is 5.42. The van der Waals surface area contributed by atoms with Gasteiger partial charge in [-0.25, -0.2) is 0 Å². The van der Waals surface area contributed by atoms with Gasteiger partial charge in [0, 0.05) is 18.7 Å². The summed E-state index contributed by atoms with van der Waals surface area (Å²) in [6, 6.07) is 6.63. The normalized spacial score (nSPS) is 27.2. The van der Waals surface area contributed by atoms with E-state index >= 15 is 0 Å². The Morgan fingerprint density at radius 2 is 2.10 bits per heavy atom. The molecule has 0 aliphatic carbocycles. The van der Waals surface area contributed by atoms with Gasteiger partial charge in [0.15, 0.2) is 5.84 Å². The van der Waals surface area contributed by atoms with Crippen LogP contribution >= 0.6 is 0 Å². The maximum Gasteiger partial charge on any atom is 0.311 e. The maximum atomic E-state index is 12.0. The number of carboxylic acid groups (broad SMARTS) is 1. The lowest BCUT2D eigenvalue weighted by atomic mass is 9.90. The van der Waals surface area contributed by atoms with E-state index in [0.717, 1.165) is 0 Å². The van der Waals surface area contributed by atoms with Crippen molar-refractivity contribution in [1.82, 2.24) is 4.90 Å². The van der Waals surface area contributed by atoms with Gasteiger partial charge in [-0.1, -0.05) is 12.1 Å². The van der Waals surface area contributed by atoms with Gasteiger partial charge in [0.05, 0.1) is 5.41 Å². The molecule has 2 aliphatic rings. The summed E-state index contributed by atoms with van der Waals surface area (Å²) in [6.45, 7) is 2.43. The van der Waals surface area contributed by atoms with Crippen molar-refractivity contribution >= 4 is 21.8 Å². The summed E-state index contributed by atoms with van der Waals surface area (Å²) in [4.78, 5) is 13.2. The van der Waals surface area contributed by atoms with Crippen LogP contribution in [0, 0.1) is 5.41 Å². The molecule has 1 saturated heterocycles. The van der Waals surface area contributed by atoms with Gasteiger partial charge in [-0.3, -0.25) is 4.79 Å². The van der Waals surface area contributed by atoms with E-state index in [0.29, 0.717) is 24.4 Å². The minimum atomic E-state index is -3.65. The van der Waals surface area contributed by atoms with Crippen LogP contribution in [0.25, 0.3) is 0 Å². The highest BCUT2D eigenvalue weighted by Gasteiger charge is 2.43. The average molecular weight is 294 g/mol. The fourth-order valence-electron chi connectivity index (χ4n) is 2.63. The first-order valence-electron chi connectivity index (χ1n) is 6.26. The molecule has 1 N–H and O–H groups in total. The van der Waals surface area contributed by atoms with Gasteiger partial charge in [0.25, 0.3) is 10.0 Å². The van der Waals surface area contributed by atoms with Crippen molar-refractivity contribution in [2.75, 3.05) is 13.1 Å². The van der Waals surface area contributed by atoms with Crippen molar-refractivity contribution in [3.8, 4) is 0 Å². The molecule has 1 fully saturated rings. The fourth-order valence-corrected chi connectivity index (χ4v) is 3.86. The zero-order valence-corrected chi connectivity index (χ0v) is 11.7. The largest absolute Gasteiger partial charge is 0.481 e. The van der Waals surface area contributed by atoms with Crippen LogP contribution in [0.4, 0.5) is 0 Å². The zero-order valence-electron chi connectivity index (χ0n) is 10.9. The van der Waals surface area contributed by atoms with Crippen LogP contribution in [0.2, 0.25) is 0 Å². The molecule has 1 atom stereocenters. The molecule has 2 heterocycles. The van der Waals surface area contributed by atoms with Gasteiger partial charge in [0.2, 0.25) is 0 Å². The van der Waals surface area contributed by atoms with Crippen molar-refractivity contribution in [3.63, 3.8) is 0 Å². The first-order valence-corrected chi connectivity index (χ1v) is 7.70. The molecule has 6 nitrogen and oxygen atoms in total. The third kappa shape index (κ3) is 1.81. The zero-order chi connectivity index (χ0) is 14.5.